The maximum absolute atomic E-state index is 10.7. The molecule has 0 atom stereocenters. The van der Waals surface area contributed by atoms with Gasteiger partial charge in [-0.3, -0.25) is 4.79 Å². The van der Waals surface area contributed by atoms with Crippen molar-refractivity contribution in [2.24, 2.45) is 0 Å². The van der Waals surface area contributed by atoms with E-state index in [1.807, 2.05) is 19.1 Å². The van der Waals surface area contributed by atoms with Crippen molar-refractivity contribution in [2.75, 3.05) is 0 Å². The largest absolute Gasteiger partial charge is 0.507 e. The summed E-state index contributed by atoms with van der Waals surface area (Å²) in [7, 11) is 0. The Morgan fingerprint density at radius 2 is 1.90 bits per heavy atom. The van der Waals surface area contributed by atoms with Gasteiger partial charge >= 0.3 is 5.97 Å². The molecule has 1 aromatic carbocycles. The van der Waals surface area contributed by atoms with Crippen LogP contribution in [-0.4, -0.2) is 16.2 Å². The maximum Gasteiger partial charge on any atom is 0.303 e. The Hall–Kier alpha value is -1.51. The van der Waals surface area contributed by atoms with Gasteiger partial charge < -0.3 is 10.2 Å². The fraction of sp³-hybridized carbons (Fsp3) is 0.588. The summed E-state index contributed by atoms with van der Waals surface area (Å²) in [5.74, 6) is -0.380. The fourth-order valence-electron chi connectivity index (χ4n) is 3.31. The monoisotopic (exact) mass is 276 g/mol. The topological polar surface area (TPSA) is 57.5 Å². The molecule has 1 aromatic rings. The Labute approximate surface area is 120 Å². The predicted octanol–water partition coefficient (Wildman–Crippen LogP) is 3.94. The Morgan fingerprint density at radius 1 is 1.25 bits per heavy atom. The highest BCUT2D eigenvalue weighted by Gasteiger charge is 2.31. The number of benzene rings is 1. The molecule has 0 aliphatic heterocycles. The lowest BCUT2D eigenvalue weighted by Crippen LogP contribution is -2.25. The first-order valence-electron chi connectivity index (χ1n) is 7.47. The van der Waals surface area contributed by atoms with Crippen molar-refractivity contribution in [3.63, 3.8) is 0 Å². The molecule has 3 heteroatoms. The van der Waals surface area contributed by atoms with Crippen LogP contribution >= 0.6 is 0 Å². The summed E-state index contributed by atoms with van der Waals surface area (Å²) in [4.78, 5) is 10.7. The lowest BCUT2D eigenvalue weighted by Gasteiger charge is -2.35. The number of hydrogen-bond acceptors (Lipinski definition) is 2. The molecule has 0 spiro atoms. The molecule has 1 fully saturated rings. The summed E-state index contributed by atoms with van der Waals surface area (Å²) in [6.45, 7) is 4.12. The molecule has 0 aromatic heterocycles. The standard InChI is InChI=1S/C17H24O3/c1-12-10-13(6-7-15(18)19)11-14(16(12)20)17(2)8-4-3-5-9-17/h10-11,20H,3-9H2,1-2H3,(H,18,19). The number of phenolic OH excluding ortho intramolecular Hbond substituents is 1. The van der Waals surface area contributed by atoms with Crippen LogP contribution in [0.1, 0.15) is 62.1 Å². The Morgan fingerprint density at radius 3 is 2.50 bits per heavy atom. The molecule has 2 N–H and O–H groups in total. The lowest BCUT2D eigenvalue weighted by molar-refractivity contribution is -0.136. The van der Waals surface area contributed by atoms with Gasteiger partial charge in [0, 0.05) is 12.0 Å². The summed E-state index contributed by atoms with van der Waals surface area (Å²) in [6, 6.07) is 3.94. The van der Waals surface area contributed by atoms with Crippen LogP contribution in [0.3, 0.4) is 0 Å². The van der Waals surface area contributed by atoms with Crippen molar-refractivity contribution in [3.8, 4) is 5.75 Å². The molecule has 1 aliphatic rings. The minimum absolute atomic E-state index is 0.0341. The van der Waals surface area contributed by atoms with Crippen molar-refractivity contribution >= 4 is 5.97 Å². The van der Waals surface area contributed by atoms with Gasteiger partial charge in [-0.15, -0.1) is 0 Å². The molecular formula is C17H24O3. The number of hydrogen-bond donors (Lipinski definition) is 2. The van der Waals surface area contributed by atoms with E-state index in [0.29, 0.717) is 12.2 Å². The van der Waals surface area contributed by atoms with Crippen LogP contribution in [0.5, 0.6) is 5.75 Å². The Balaban J connectivity index is 2.33. The van der Waals surface area contributed by atoms with E-state index < -0.39 is 5.97 Å². The van der Waals surface area contributed by atoms with Crippen molar-refractivity contribution < 1.29 is 15.0 Å². The van der Waals surface area contributed by atoms with E-state index in [2.05, 4.69) is 6.92 Å². The quantitative estimate of drug-likeness (QED) is 0.875. The van der Waals surface area contributed by atoms with Crippen LogP contribution in [0.25, 0.3) is 0 Å². The number of aromatic hydroxyl groups is 1. The maximum atomic E-state index is 10.7. The van der Waals surface area contributed by atoms with Crippen LogP contribution in [-0.2, 0) is 16.6 Å². The minimum atomic E-state index is -0.777. The van der Waals surface area contributed by atoms with E-state index in [1.165, 1.54) is 19.3 Å². The molecule has 0 saturated heterocycles. The molecule has 3 nitrogen and oxygen atoms in total. The molecule has 0 radical (unpaired) electrons. The molecule has 0 bridgehead atoms. The zero-order chi connectivity index (χ0) is 14.8. The van der Waals surface area contributed by atoms with E-state index in [9.17, 15) is 9.90 Å². The van der Waals surface area contributed by atoms with Crippen LogP contribution in [0, 0.1) is 6.92 Å². The first-order chi connectivity index (χ1) is 9.42. The van der Waals surface area contributed by atoms with Crippen LogP contribution < -0.4 is 0 Å². The number of aryl methyl sites for hydroxylation is 2. The van der Waals surface area contributed by atoms with Gasteiger partial charge in [0.25, 0.3) is 0 Å². The normalized spacial score (nSPS) is 17.9. The molecule has 0 amide bonds. The van der Waals surface area contributed by atoms with Gasteiger partial charge in [-0.25, -0.2) is 0 Å². The summed E-state index contributed by atoms with van der Waals surface area (Å²) < 4.78 is 0. The highest BCUT2D eigenvalue weighted by atomic mass is 16.4. The van der Waals surface area contributed by atoms with E-state index in [1.54, 1.807) is 0 Å². The summed E-state index contributed by atoms with van der Waals surface area (Å²) in [5, 5.41) is 19.2. The summed E-state index contributed by atoms with van der Waals surface area (Å²) in [5.41, 5.74) is 2.92. The third kappa shape index (κ3) is 3.14. The highest BCUT2D eigenvalue weighted by molar-refractivity contribution is 5.67. The Bertz CT molecular complexity index is 499. The van der Waals surface area contributed by atoms with Gasteiger partial charge in [-0.2, -0.15) is 0 Å². The number of phenols is 1. The van der Waals surface area contributed by atoms with Gasteiger partial charge in [-0.05, 0) is 42.7 Å². The molecular weight excluding hydrogens is 252 g/mol. The van der Waals surface area contributed by atoms with Gasteiger partial charge in [-0.1, -0.05) is 38.3 Å². The van der Waals surface area contributed by atoms with Crippen molar-refractivity contribution in [3.05, 3.63) is 28.8 Å². The first kappa shape index (κ1) is 14.9. The van der Waals surface area contributed by atoms with Gasteiger partial charge in [0.2, 0.25) is 0 Å². The zero-order valence-corrected chi connectivity index (χ0v) is 12.4. The Kier molecular flexibility index (Phi) is 4.36. The van der Waals surface area contributed by atoms with E-state index in [-0.39, 0.29) is 11.8 Å². The molecule has 110 valence electrons. The lowest BCUT2D eigenvalue weighted by atomic mass is 9.70. The number of carboxylic acid groups (broad SMARTS) is 1. The van der Waals surface area contributed by atoms with Crippen LogP contribution in [0.4, 0.5) is 0 Å². The highest BCUT2D eigenvalue weighted by Crippen LogP contribution is 2.44. The average molecular weight is 276 g/mol. The second kappa shape index (κ2) is 5.86. The number of aliphatic carboxylic acids is 1. The third-order valence-corrected chi connectivity index (χ3v) is 4.60. The molecule has 1 aliphatic carbocycles. The second-order valence-corrected chi connectivity index (χ2v) is 6.32. The predicted molar refractivity (Wildman–Crippen MR) is 79.2 cm³/mol. The van der Waals surface area contributed by atoms with Crippen molar-refractivity contribution in [1.29, 1.82) is 0 Å². The smallest absolute Gasteiger partial charge is 0.303 e. The third-order valence-electron chi connectivity index (χ3n) is 4.60. The van der Waals surface area contributed by atoms with Crippen LogP contribution in [0.15, 0.2) is 12.1 Å². The molecule has 0 heterocycles. The fourth-order valence-corrected chi connectivity index (χ4v) is 3.31. The molecule has 0 unspecified atom stereocenters. The minimum Gasteiger partial charge on any atom is -0.507 e. The molecule has 20 heavy (non-hydrogen) atoms. The van der Waals surface area contributed by atoms with Gasteiger partial charge in [0.15, 0.2) is 0 Å². The van der Waals surface area contributed by atoms with Gasteiger partial charge in [0.05, 0.1) is 0 Å². The van der Waals surface area contributed by atoms with Crippen molar-refractivity contribution in [1.82, 2.24) is 0 Å². The SMILES string of the molecule is Cc1cc(CCC(=O)O)cc(C2(C)CCCCC2)c1O. The van der Waals surface area contributed by atoms with Crippen molar-refractivity contribution in [2.45, 2.75) is 64.2 Å². The number of carboxylic acids is 1. The van der Waals surface area contributed by atoms with E-state index in [0.717, 1.165) is 29.5 Å². The summed E-state index contributed by atoms with van der Waals surface area (Å²) in [6.07, 6.45) is 6.54. The van der Waals surface area contributed by atoms with E-state index in [4.69, 9.17) is 5.11 Å². The number of rotatable bonds is 4. The zero-order valence-electron chi connectivity index (χ0n) is 12.4. The second-order valence-electron chi connectivity index (χ2n) is 6.32. The van der Waals surface area contributed by atoms with Gasteiger partial charge in [0.1, 0.15) is 5.75 Å². The summed E-state index contributed by atoms with van der Waals surface area (Å²) >= 11 is 0. The molecule has 1 saturated carbocycles. The van der Waals surface area contributed by atoms with E-state index >= 15 is 0 Å². The first-order valence-corrected chi connectivity index (χ1v) is 7.47. The molecule has 2 rings (SSSR count). The van der Waals surface area contributed by atoms with Crippen LogP contribution in [0.2, 0.25) is 0 Å². The average Bonchev–Trinajstić information content (AvgIpc) is 2.40. The number of carbonyl (C=O) groups is 1.